The summed E-state index contributed by atoms with van der Waals surface area (Å²) >= 11 is 1.26. The predicted molar refractivity (Wildman–Crippen MR) is 107 cm³/mol. The Hall–Kier alpha value is -1.56. The van der Waals surface area contributed by atoms with Gasteiger partial charge in [0, 0.05) is 17.0 Å². The second-order valence-corrected chi connectivity index (χ2v) is 7.57. The fourth-order valence-electron chi connectivity index (χ4n) is 3.11. The fourth-order valence-corrected chi connectivity index (χ4v) is 4.17. The van der Waals surface area contributed by atoms with E-state index in [1.165, 1.54) is 17.8 Å². The molecule has 1 fully saturated rings. The molecule has 3 nitrogen and oxygen atoms in total. The van der Waals surface area contributed by atoms with Gasteiger partial charge in [0.25, 0.3) is 0 Å². The van der Waals surface area contributed by atoms with Crippen molar-refractivity contribution in [2.75, 3.05) is 6.54 Å². The molecule has 6 heteroatoms. The monoisotopic (exact) mass is 394 g/mol. The molecule has 0 radical (unpaired) electrons. The van der Waals surface area contributed by atoms with Gasteiger partial charge < -0.3 is 10.6 Å². The van der Waals surface area contributed by atoms with Crippen molar-refractivity contribution < 1.29 is 9.18 Å². The van der Waals surface area contributed by atoms with E-state index in [0.29, 0.717) is 10.9 Å². The van der Waals surface area contributed by atoms with Crippen LogP contribution in [-0.4, -0.2) is 24.5 Å². The molecule has 3 unspecified atom stereocenters. The zero-order valence-corrected chi connectivity index (χ0v) is 16.3. The molecule has 0 aliphatic carbocycles. The summed E-state index contributed by atoms with van der Waals surface area (Å²) in [5, 5.41) is 6.08. The van der Waals surface area contributed by atoms with E-state index in [0.717, 1.165) is 24.9 Å². The molecule has 0 saturated carbocycles. The second-order valence-electron chi connectivity index (χ2n) is 6.42. The first-order valence-electron chi connectivity index (χ1n) is 8.63. The van der Waals surface area contributed by atoms with Crippen molar-refractivity contribution in [2.45, 2.75) is 42.0 Å². The highest BCUT2D eigenvalue weighted by Gasteiger charge is 2.27. The normalized spacial score (nSPS) is 20.7. The van der Waals surface area contributed by atoms with Gasteiger partial charge in [0.15, 0.2) is 0 Å². The van der Waals surface area contributed by atoms with Gasteiger partial charge in [-0.25, -0.2) is 4.39 Å². The molecule has 1 amide bonds. The Bertz CT molecular complexity index is 716. The first-order chi connectivity index (χ1) is 12.1. The van der Waals surface area contributed by atoms with Gasteiger partial charge in [0.2, 0.25) is 5.91 Å². The van der Waals surface area contributed by atoms with E-state index in [4.69, 9.17) is 0 Å². The fraction of sp³-hybridized carbons (Fsp3) is 0.350. The molecule has 2 aromatic carbocycles. The molecule has 0 aromatic heterocycles. The van der Waals surface area contributed by atoms with Crippen LogP contribution in [0.4, 0.5) is 4.39 Å². The summed E-state index contributed by atoms with van der Waals surface area (Å²) in [6.45, 7) is 3.03. The Kier molecular flexibility index (Phi) is 7.94. The summed E-state index contributed by atoms with van der Waals surface area (Å²) < 4.78 is 14.1. The number of benzene rings is 2. The lowest BCUT2D eigenvalue weighted by Gasteiger charge is -2.30. The van der Waals surface area contributed by atoms with Crippen LogP contribution in [0.3, 0.4) is 0 Å². The number of thioether (sulfide) groups is 1. The molecular formula is C20H24ClFN2OS. The molecule has 2 aromatic rings. The number of hydrogen-bond acceptors (Lipinski definition) is 3. The lowest BCUT2D eigenvalue weighted by atomic mass is 10.00. The highest BCUT2D eigenvalue weighted by Crippen LogP contribution is 2.36. The van der Waals surface area contributed by atoms with Gasteiger partial charge in [-0.1, -0.05) is 42.5 Å². The van der Waals surface area contributed by atoms with Crippen LogP contribution in [0, 0.1) is 5.82 Å². The molecule has 1 aliphatic rings. The minimum atomic E-state index is -0.469. The summed E-state index contributed by atoms with van der Waals surface area (Å²) in [6, 6.07) is 16.7. The minimum absolute atomic E-state index is 0. The highest BCUT2D eigenvalue weighted by atomic mass is 35.5. The molecule has 0 bridgehead atoms. The second kappa shape index (κ2) is 9.95. The van der Waals surface area contributed by atoms with Crippen LogP contribution in [0.5, 0.6) is 0 Å². The standard InChI is InChI=1S/C20H23FN2OS.ClH/c1-14-13-16(11-12-22-14)23-20(24)19(15-7-3-2-4-8-15)25-18-10-6-5-9-17(18)21;/h2-10,14,16,19,22H,11-13H2,1H3,(H,23,24);1H. The molecule has 3 atom stereocenters. The number of amides is 1. The maximum Gasteiger partial charge on any atom is 0.238 e. The Morgan fingerprint density at radius 2 is 1.88 bits per heavy atom. The smallest absolute Gasteiger partial charge is 0.238 e. The number of halogens is 2. The topological polar surface area (TPSA) is 41.1 Å². The van der Waals surface area contributed by atoms with E-state index < -0.39 is 5.25 Å². The van der Waals surface area contributed by atoms with Crippen LogP contribution < -0.4 is 10.6 Å². The SMILES string of the molecule is CC1CC(NC(=O)C(Sc2ccccc2F)c2ccccc2)CCN1.Cl. The molecule has 26 heavy (non-hydrogen) atoms. The molecule has 2 N–H and O–H groups in total. The molecule has 0 spiro atoms. The van der Waals surface area contributed by atoms with Crippen LogP contribution >= 0.6 is 24.2 Å². The van der Waals surface area contributed by atoms with Crippen LogP contribution in [0.25, 0.3) is 0 Å². The summed E-state index contributed by atoms with van der Waals surface area (Å²) in [5.74, 6) is -0.352. The maximum absolute atomic E-state index is 14.1. The largest absolute Gasteiger partial charge is 0.352 e. The lowest BCUT2D eigenvalue weighted by Crippen LogP contribution is -2.47. The van der Waals surface area contributed by atoms with Gasteiger partial charge in [0.1, 0.15) is 11.1 Å². The lowest BCUT2D eigenvalue weighted by molar-refractivity contribution is -0.121. The number of carbonyl (C=O) groups excluding carboxylic acids is 1. The summed E-state index contributed by atoms with van der Waals surface area (Å²) in [7, 11) is 0. The van der Waals surface area contributed by atoms with Crippen molar-refractivity contribution in [3.63, 3.8) is 0 Å². The van der Waals surface area contributed by atoms with Crippen molar-refractivity contribution in [3.05, 3.63) is 66.0 Å². The number of nitrogens with one attached hydrogen (secondary N) is 2. The maximum atomic E-state index is 14.1. The first kappa shape index (κ1) is 20.7. The molecular weight excluding hydrogens is 371 g/mol. The van der Waals surface area contributed by atoms with Gasteiger partial charge in [0.05, 0.1) is 0 Å². The van der Waals surface area contributed by atoms with E-state index in [1.807, 2.05) is 30.3 Å². The molecule has 140 valence electrons. The van der Waals surface area contributed by atoms with Crippen molar-refractivity contribution in [1.82, 2.24) is 10.6 Å². The van der Waals surface area contributed by atoms with E-state index >= 15 is 0 Å². The predicted octanol–water partition coefficient (Wildman–Crippen LogP) is 4.34. The Labute approximate surface area is 164 Å². The van der Waals surface area contributed by atoms with Crippen LogP contribution in [0.15, 0.2) is 59.5 Å². The zero-order valence-electron chi connectivity index (χ0n) is 14.7. The minimum Gasteiger partial charge on any atom is -0.352 e. The number of rotatable bonds is 5. The zero-order chi connectivity index (χ0) is 17.6. The van der Waals surface area contributed by atoms with E-state index in [1.54, 1.807) is 18.2 Å². The summed E-state index contributed by atoms with van der Waals surface area (Å²) in [4.78, 5) is 13.5. The van der Waals surface area contributed by atoms with E-state index in [-0.39, 0.29) is 30.2 Å². The van der Waals surface area contributed by atoms with Gasteiger partial charge in [-0.3, -0.25) is 4.79 Å². The van der Waals surface area contributed by atoms with Crippen LogP contribution in [0.2, 0.25) is 0 Å². The van der Waals surface area contributed by atoms with Crippen LogP contribution in [-0.2, 0) is 4.79 Å². The Balaban J connectivity index is 0.00000243. The van der Waals surface area contributed by atoms with Gasteiger partial charge >= 0.3 is 0 Å². The highest BCUT2D eigenvalue weighted by molar-refractivity contribution is 8.00. The molecule has 1 aliphatic heterocycles. The Morgan fingerprint density at radius 3 is 2.58 bits per heavy atom. The molecule has 3 rings (SSSR count). The van der Waals surface area contributed by atoms with Gasteiger partial charge in [-0.05, 0) is 44.0 Å². The third kappa shape index (κ3) is 5.47. The average Bonchev–Trinajstić information content (AvgIpc) is 2.61. The number of hydrogen-bond donors (Lipinski definition) is 2. The van der Waals surface area contributed by atoms with Gasteiger partial charge in [-0.15, -0.1) is 24.2 Å². The number of carbonyl (C=O) groups is 1. The molecule has 1 saturated heterocycles. The first-order valence-corrected chi connectivity index (χ1v) is 9.51. The Morgan fingerprint density at radius 1 is 1.19 bits per heavy atom. The molecule has 1 heterocycles. The average molecular weight is 395 g/mol. The number of piperidine rings is 1. The van der Waals surface area contributed by atoms with Crippen molar-refractivity contribution >= 4 is 30.1 Å². The van der Waals surface area contributed by atoms with Crippen molar-refractivity contribution in [2.24, 2.45) is 0 Å². The van der Waals surface area contributed by atoms with Crippen molar-refractivity contribution in [3.8, 4) is 0 Å². The quantitative estimate of drug-likeness (QED) is 0.741. The van der Waals surface area contributed by atoms with E-state index in [9.17, 15) is 9.18 Å². The third-order valence-corrected chi connectivity index (χ3v) is 5.70. The van der Waals surface area contributed by atoms with Crippen LogP contribution in [0.1, 0.15) is 30.6 Å². The summed E-state index contributed by atoms with van der Waals surface area (Å²) in [6.07, 6.45) is 1.83. The third-order valence-electron chi connectivity index (χ3n) is 4.39. The van der Waals surface area contributed by atoms with Gasteiger partial charge in [-0.2, -0.15) is 0 Å². The van der Waals surface area contributed by atoms with Crippen molar-refractivity contribution in [1.29, 1.82) is 0 Å². The summed E-state index contributed by atoms with van der Waals surface area (Å²) in [5.41, 5.74) is 0.884. The van der Waals surface area contributed by atoms with E-state index in [2.05, 4.69) is 17.6 Å².